The van der Waals surface area contributed by atoms with E-state index < -0.39 is 6.10 Å². The van der Waals surface area contributed by atoms with Gasteiger partial charge in [0, 0.05) is 36.8 Å². The molecule has 2 fully saturated rings. The van der Waals surface area contributed by atoms with Crippen molar-refractivity contribution in [2.24, 2.45) is 5.92 Å². The number of piperazine rings is 1. The van der Waals surface area contributed by atoms with Gasteiger partial charge < -0.3 is 20.1 Å². The molecule has 0 amide bonds. The van der Waals surface area contributed by atoms with Crippen molar-refractivity contribution in [3.63, 3.8) is 0 Å². The fraction of sp³-hybridized carbons (Fsp3) is 0.560. The number of rotatable bonds is 8. The highest BCUT2D eigenvalue weighted by Crippen LogP contribution is 2.43. The molecule has 4 atom stereocenters. The molecular formula is C25H32ClN5O2. The number of aliphatic hydroxyl groups is 1. The summed E-state index contributed by atoms with van der Waals surface area (Å²) in [5, 5.41) is 14.7. The van der Waals surface area contributed by atoms with Gasteiger partial charge in [-0.3, -0.25) is 4.90 Å². The summed E-state index contributed by atoms with van der Waals surface area (Å²) in [7, 11) is 0. The number of aliphatic hydroxyl groups excluding tert-OH is 1. The van der Waals surface area contributed by atoms with Crippen molar-refractivity contribution in [3.05, 3.63) is 52.4 Å². The first kappa shape index (κ1) is 22.7. The number of benzene rings is 1. The highest BCUT2D eigenvalue weighted by molar-refractivity contribution is 6.30. The number of aromatic nitrogens is 2. The Bertz CT molecular complexity index is 975. The van der Waals surface area contributed by atoms with E-state index in [1.54, 1.807) is 6.33 Å². The van der Waals surface area contributed by atoms with E-state index in [1.165, 1.54) is 12.8 Å². The van der Waals surface area contributed by atoms with E-state index in [2.05, 4.69) is 32.0 Å². The van der Waals surface area contributed by atoms with Crippen LogP contribution >= 0.6 is 11.6 Å². The summed E-state index contributed by atoms with van der Waals surface area (Å²) in [6.07, 6.45) is 5.33. The standard InChI is InChI=1S/C25H32ClN5O2/c1-16-12-21(33)23-22(16)25(29-15-28-23)31-10-8-30(9-11-31)24(27-13-17-2-3-17)20(14-32)18-4-6-19(26)7-5-18/h4-7,14-17,20-21,24,27,33H,2-3,8-13H2,1H3/t16-,20?,21+,24?/m1/s1. The van der Waals surface area contributed by atoms with Crippen molar-refractivity contribution < 1.29 is 9.90 Å². The Labute approximate surface area is 200 Å². The second-order valence-electron chi connectivity index (χ2n) is 9.68. The molecule has 33 heavy (non-hydrogen) atoms. The van der Waals surface area contributed by atoms with E-state index >= 15 is 0 Å². The third-order valence-electron chi connectivity index (χ3n) is 7.34. The number of halogens is 1. The van der Waals surface area contributed by atoms with Crippen LogP contribution in [0.5, 0.6) is 0 Å². The SMILES string of the molecule is C[C@@H]1C[C@H](O)c2ncnc(N3CCN(C(NCC4CC4)C(C=O)c4ccc(Cl)cc4)CC3)c21. The van der Waals surface area contributed by atoms with Gasteiger partial charge in [-0.15, -0.1) is 0 Å². The molecule has 2 heterocycles. The summed E-state index contributed by atoms with van der Waals surface area (Å²) in [6.45, 7) is 6.38. The first-order valence-electron chi connectivity index (χ1n) is 12.0. The number of carbonyl (C=O) groups excluding carboxylic acids is 1. The zero-order chi connectivity index (χ0) is 22.9. The number of nitrogens with zero attached hydrogens (tertiary/aromatic N) is 4. The topological polar surface area (TPSA) is 81.6 Å². The number of fused-ring (bicyclic) bond motifs is 1. The smallest absolute Gasteiger partial charge is 0.135 e. The average Bonchev–Trinajstić information content (AvgIpc) is 3.62. The van der Waals surface area contributed by atoms with Crippen molar-refractivity contribution in [3.8, 4) is 0 Å². The normalized spacial score (nSPS) is 25.0. The van der Waals surface area contributed by atoms with Gasteiger partial charge in [0.05, 0.1) is 23.9 Å². The predicted molar refractivity (Wildman–Crippen MR) is 129 cm³/mol. The molecule has 176 valence electrons. The zero-order valence-corrected chi connectivity index (χ0v) is 19.8. The molecule has 3 aliphatic rings. The summed E-state index contributed by atoms with van der Waals surface area (Å²) in [5.74, 6) is 1.67. The van der Waals surface area contributed by atoms with Crippen LogP contribution in [0.1, 0.15) is 60.9 Å². The first-order valence-corrected chi connectivity index (χ1v) is 12.4. The number of anilines is 1. The minimum absolute atomic E-state index is 0.0525. The van der Waals surface area contributed by atoms with Crippen LogP contribution in [0.25, 0.3) is 0 Å². The minimum Gasteiger partial charge on any atom is -0.387 e. The van der Waals surface area contributed by atoms with Gasteiger partial charge >= 0.3 is 0 Å². The maximum absolute atomic E-state index is 12.3. The molecule has 1 aromatic carbocycles. The molecule has 1 aliphatic heterocycles. The van der Waals surface area contributed by atoms with E-state index in [9.17, 15) is 9.90 Å². The first-order chi connectivity index (χ1) is 16.0. The lowest BCUT2D eigenvalue weighted by Gasteiger charge is -2.42. The lowest BCUT2D eigenvalue weighted by atomic mass is 9.95. The van der Waals surface area contributed by atoms with Gasteiger partial charge in [0.1, 0.15) is 18.4 Å². The van der Waals surface area contributed by atoms with Gasteiger partial charge in [0.2, 0.25) is 0 Å². The fourth-order valence-corrected chi connectivity index (χ4v) is 5.40. The van der Waals surface area contributed by atoms with Gasteiger partial charge in [-0.1, -0.05) is 30.7 Å². The molecule has 1 saturated carbocycles. The monoisotopic (exact) mass is 469 g/mol. The third kappa shape index (κ3) is 4.78. The van der Waals surface area contributed by atoms with Crippen molar-refractivity contribution in [1.82, 2.24) is 20.2 Å². The second kappa shape index (κ2) is 9.66. The molecule has 0 spiro atoms. The molecule has 1 saturated heterocycles. The minimum atomic E-state index is -0.498. The van der Waals surface area contributed by atoms with Crippen molar-refractivity contribution >= 4 is 23.7 Å². The van der Waals surface area contributed by atoms with Gasteiger partial charge in [-0.2, -0.15) is 0 Å². The van der Waals surface area contributed by atoms with E-state index in [0.29, 0.717) is 11.4 Å². The molecule has 7 nitrogen and oxygen atoms in total. The van der Waals surface area contributed by atoms with Gasteiger partial charge in [-0.05, 0) is 55.3 Å². The Balaban J connectivity index is 1.33. The Morgan fingerprint density at radius 3 is 2.58 bits per heavy atom. The third-order valence-corrected chi connectivity index (χ3v) is 7.59. The van der Waals surface area contributed by atoms with E-state index in [-0.39, 0.29) is 18.0 Å². The molecule has 2 unspecified atom stereocenters. The van der Waals surface area contributed by atoms with Crippen LogP contribution in [0, 0.1) is 5.92 Å². The molecular weight excluding hydrogens is 438 g/mol. The molecule has 5 rings (SSSR count). The number of hydrogen-bond acceptors (Lipinski definition) is 7. The van der Waals surface area contributed by atoms with Crippen LogP contribution in [-0.4, -0.2) is 65.2 Å². The van der Waals surface area contributed by atoms with Crippen LogP contribution < -0.4 is 10.2 Å². The molecule has 2 aromatic rings. The molecule has 2 N–H and O–H groups in total. The summed E-state index contributed by atoms with van der Waals surface area (Å²) in [6, 6.07) is 7.63. The second-order valence-corrected chi connectivity index (χ2v) is 10.1. The molecule has 0 radical (unpaired) electrons. The maximum atomic E-state index is 12.3. The zero-order valence-electron chi connectivity index (χ0n) is 19.0. The lowest BCUT2D eigenvalue weighted by molar-refractivity contribution is -0.111. The van der Waals surface area contributed by atoms with Crippen LogP contribution in [0.4, 0.5) is 5.82 Å². The highest BCUT2D eigenvalue weighted by Gasteiger charge is 2.36. The van der Waals surface area contributed by atoms with E-state index in [1.807, 2.05) is 24.3 Å². The largest absolute Gasteiger partial charge is 0.387 e. The van der Waals surface area contributed by atoms with E-state index in [0.717, 1.165) is 67.6 Å². The fourth-order valence-electron chi connectivity index (χ4n) is 5.28. The molecule has 2 aliphatic carbocycles. The Morgan fingerprint density at radius 2 is 1.91 bits per heavy atom. The van der Waals surface area contributed by atoms with Gasteiger partial charge in [0.15, 0.2) is 0 Å². The molecule has 1 aromatic heterocycles. The van der Waals surface area contributed by atoms with Gasteiger partial charge in [-0.25, -0.2) is 9.97 Å². The lowest BCUT2D eigenvalue weighted by Crippen LogP contribution is -2.57. The number of nitrogens with one attached hydrogen (secondary N) is 1. The predicted octanol–water partition coefficient (Wildman–Crippen LogP) is 3.10. The molecule has 8 heteroatoms. The van der Waals surface area contributed by atoms with Crippen LogP contribution in [-0.2, 0) is 4.79 Å². The summed E-state index contributed by atoms with van der Waals surface area (Å²) in [4.78, 5) is 25.9. The quantitative estimate of drug-likeness (QED) is 0.575. The van der Waals surface area contributed by atoms with Crippen LogP contribution in [0.3, 0.4) is 0 Å². The summed E-state index contributed by atoms with van der Waals surface area (Å²) < 4.78 is 0. The van der Waals surface area contributed by atoms with Gasteiger partial charge in [0.25, 0.3) is 0 Å². The Hall–Kier alpha value is -2.06. The van der Waals surface area contributed by atoms with Crippen molar-refractivity contribution in [2.75, 3.05) is 37.6 Å². The number of carbonyl (C=O) groups is 1. The maximum Gasteiger partial charge on any atom is 0.135 e. The van der Waals surface area contributed by atoms with Crippen molar-refractivity contribution in [2.45, 2.75) is 50.3 Å². The number of aldehydes is 1. The molecule has 0 bridgehead atoms. The highest BCUT2D eigenvalue weighted by atomic mass is 35.5. The van der Waals surface area contributed by atoms with Crippen LogP contribution in [0.2, 0.25) is 5.02 Å². The van der Waals surface area contributed by atoms with Crippen LogP contribution in [0.15, 0.2) is 30.6 Å². The average molecular weight is 470 g/mol. The Morgan fingerprint density at radius 1 is 1.18 bits per heavy atom. The van der Waals surface area contributed by atoms with Crippen molar-refractivity contribution in [1.29, 1.82) is 0 Å². The number of hydrogen-bond donors (Lipinski definition) is 2. The van der Waals surface area contributed by atoms with E-state index in [4.69, 9.17) is 11.6 Å². The summed E-state index contributed by atoms with van der Waals surface area (Å²) in [5.41, 5.74) is 2.86. The summed E-state index contributed by atoms with van der Waals surface area (Å²) >= 11 is 6.09. The Kier molecular flexibility index (Phi) is 6.65.